The van der Waals surface area contributed by atoms with Crippen molar-refractivity contribution < 1.29 is 4.74 Å². The summed E-state index contributed by atoms with van der Waals surface area (Å²) in [4.78, 5) is 7.20. The third-order valence-corrected chi connectivity index (χ3v) is 5.89. The summed E-state index contributed by atoms with van der Waals surface area (Å²) in [6.45, 7) is 7.67. The molecule has 0 amide bonds. The van der Waals surface area contributed by atoms with Crippen LogP contribution in [0, 0.1) is 6.92 Å². The van der Waals surface area contributed by atoms with E-state index in [4.69, 9.17) is 9.72 Å². The van der Waals surface area contributed by atoms with E-state index in [-0.39, 0.29) is 6.10 Å². The minimum absolute atomic E-state index is 0.0276. The number of anilines is 2. The van der Waals surface area contributed by atoms with Gasteiger partial charge >= 0.3 is 0 Å². The maximum atomic E-state index is 6.03. The zero-order valence-electron chi connectivity index (χ0n) is 16.3. The molecular weight excluding hydrogens is 370 g/mol. The fourth-order valence-corrected chi connectivity index (χ4v) is 4.00. The fourth-order valence-electron chi connectivity index (χ4n) is 3.31. The van der Waals surface area contributed by atoms with Crippen molar-refractivity contribution in [1.82, 2.24) is 20.1 Å². The highest BCUT2D eigenvalue weighted by Crippen LogP contribution is 2.25. The Labute approximate surface area is 169 Å². The summed E-state index contributed by atoms with van der Waals surface area (Å²) in [5.41, 5.74) is 3.65. The smallest absolute Gasteiger partial charge is 0.211 e. The molecule has 0 unspecified atom stereocenters. The lowest BCUT2D eigenvalue weighted by Crippen LogP contribution is -2.38. The Bertz CT molecular complexity index is 928. The molecule has 0 spiro atoms. The van der Waals surface area contributed by atoms with E-state index in [0.29, 0.717) is 6.61 Å². The highest BCUT2D eigenvalue weighted by Gasteiger charge is 2.23. The van der Waals surface area contributed by atoms with Gasteiger partial charge in [-0.3, -0.25) is 4.90 Å². The predicted molar refractivity (Wildman–Crippen MR) is 112 cm³/mol. The van der Waals surface area contributed by atoms with Gasteiger partial charge in [-0.05, 0) is 36.6 Å². The van der Waals surface area contributed by atoms with E-state index >= 15 is 0 Å². The van der Waals surface area contributed by atoms with Crippen LogP contribution < -0.4 is 5.32 Å². The van der Waals surface area contributed by atoms with Gasteiger partial charge in [0.15, 0.2) is 0 Å². The molecule has 0 aliphatic carbocycles. The fraction of sp³-hybridized carbons (Fsp3) is 0.381. The third-order valence-electron chi connectivity index (χ3n) is 4.91. The first-order valence-corrected chi connectivity index (χ1v) is 10.5. The zero-order valence-corrected chi connectivity index (χ0v) is 17.1. The molecule has 1 aliphatic heterocycles. The maximum Gasteiger partial charge on any atom is 0.211 e. The monoisotopic (exact) mass is 395 g/mol. The molecule has 1 aromatic carbocycles. The van der Waals surface area contributed by atoms with Crippen LogP contribution in [0.3, 0.4) is 0 Å². The summed E-state index contributed by atoms with van der Waals surface area (Å²) in [6, 6.07) is 14.6. The molecule has 146 valence electrons. The molecule has 3 heterocycles. The van der Waals surface area contributed by atoms with Gasteiger partial charge in [0.25, 0.3) is 0 Å². The van der Waals surface area contributed by atoms with Gasteiger partial charge in [-0.25, -0.2) is 4.98 Å². The number of aromatic nitrogens is 3. The van der Waals surface area contributed by atoms with E-state index in [2.05, 4.69) is 58.5 Å². The number of aryl methyl sites for hydroxylation is 2. The van der Waals surface area contributed by atoms with Gasteiger partial charge in [0.1, 0.15) is 16.9 Å². The maximum absolute atomic E-state index is 6.03. The Morgan fingerprint density at radius 2 is 2.07 bits per heavy atom. The van der Waals surface area contributed by atoms with Crippen molar-refractivity contribution in [2.45, 2.75) is 32.9 Å². The van der Waals surface area contributed by atoms with E-state index in [0.717, 1.165) is 47.7 Å². The van der Waals surface area contributed by atoms with Crippen molar-refractivity contribution in [3.63, 3.8) is 0 Å². The SMILES string of the molecule is CCc1nnc(Nc2cccc([C@@H]3CN(Cc4ccccc4C)CCO3)n2)s1. The average Bonchev–Trinajstić information content (AvgIpc) is 3.18. The topological polar surface area (TPSA) is 63.2 Å². The minimum atomic E-state index is -0.0276. The highest BCUT2D eigenvalue weighted by molar-refractivity contribution is 7.15. The first kappa shape index (κ1) is 19.0. The second-order valence-corrected chi connectivity index (χ2v) is 8.01. The van der Waals surface area contributed by atoms with Crippen LogP contribution in [0.25, 0.3) is 0 Å². The van der Waals surface area contributed by atoms with E-state index in [1.807, 2.05) is 18.2 Å². The van der Waals surface area contributed by atoms with Gasteiger partial charge in [-0.2, -0.15) is 0 Å². The molecule has 1 atom stereocenters. The van der Waals surface area contributed by atoms with Crippen molar-refractivity contribution in [1.29, 1.82) is 0 Å². The van der Waals surface area contributed by atoms with Crippen LogP contribution in [0.1, 0.15) is 34.9 Å². The average molecular weight is 396 g/mol. The molecule has 1 N–H and O–H groups in total. The highest BCUT2D eigenvalue weighted by atomic mass is 32.1. The van der Waals surface area contributed by atoms with E-state index in [1.165, 1.54) is 11.1 Å². The number of hydrogen-bond donors (Lipinski definition) is 1. The van der Waals surface area contributed by atoms with Gasteiger partial charge in [0.05, 0.1) is 12.3 Å². The molecule has 6 nitrogen and oxygen atoms in total. The van der Waals surface area contributed by atoms with Crippen LogP contribution in [0.4, 0.5) is 10.9 Å². The second-order valence-electron chi connectivity index (χ2n) is 6.95. The Hall–Kier alpha value is -2.35. The van der Waals surface area contributed by atoms with Crippen molar-refractivity contribution in [3.8, 4) is 0 Å². The lowest BCUT2D eigenvalue weighted by atomic mass is 10.1. The minimum Gasteiger partial charge on any atom is -0.369 e. The number of pyridine rings is 1. The van der Waals surface area contributed by atoms with Crippen LogP contribution in [-0.4, -0.2) is 39.8 Å². The van der Waals surface area contributed by atoms with Crippen LogP contribution in [0.5, 0.6) is 0 Å². The standard InChI is InChI=1S/C21H25N5OS/c1-3-20-24-25-21(28-20)23-19-10-6-9-17(22-19)18-14-26(11-12-27-18)13-16-8-5-4-7-15(16)2/h4-10,18H,3,11-14H2,1-2H3,(H,22,23,25)/t18-/m0/s1. The van der Waals surface area contributed by atoms with Gasteiger partial charge < -0.3 is 10.1 Å². The molecule has 7 heteroatoms. The lowest BCUT2D eigenvalue weighted by Gasteiger charge is -2.33. The first-order valence-electron chi connectivity index (χ1n) is 9.66. The molecule has 4 rings (SSSR count). The molecule has 3 aromatic rings. The van der Waals surface area contributed by atoms with Gasteiger partial charge in [-0.15, -0.1) is 10.2 Å². The number of ether oxygens (including phenoxy) is 1. The van der Waals surface area contributed by atoms with Gasteiger partial charge in [-0.1, -0.05) is 48.6 Å². The Balaban J connectivity index is 1.44. The third kappa shape index (κ3) is 4.55. The predicted octanol–water partition coefficient (Wildman–Crippen LogP) is 4.12. The van der Waals surface area contributed by atoms with E-state index < -0.39 is 0 Å². The molecule has 28 heavy (non-hydrogen) atoms. The van der Waals surface area contributed by atoms with Crippen molar-refractivity contribution in [2.75, 3.05) is 25.0 Å². The summed E-state index contributed by atoms with van der Waals surface area (Å²) in [5, 5.41) is 13.4. The largest absolute Gasteiger partial charge is 0.369 e. The normalized spacial score (nSPS) is 17.6. The Morgan fingerprint density at radius 3 is 2.89 bits per heavy atom. The number of nitrogens with zero attached hydrogens (tertiary/aromatic N) is 4. The lowest BCUT2D eigenvalue weighted by molar-refractivity contribution is -0.0349. The quantitative estimate of drug-likeness (QED) is 0.677. The molecule has 1 aliphatic rings. The number of hydrogen-bond acceptors (Lipinski definition) is 7. The van der Waals surface area contributed by atoms with Crippen molar-refractivity contribution in [2.24, 2.45) is 0 Å². The van der Waals surface area contributed by atoms with Gasteiger partial charge in [0.2, 0.25) is 5.13 Å². The molecule has 0 radical (unpaired) electrons. The molecule has 0 saturated carbocycles. The molecule has 2 aromatic heterocycles. The van der Waals surface area contributed by atoms with Crippen LogP contribution >= 0.6 is 11.3 Å². The summed E-state index contributed by atoms with van der Waals surface area (Å²) >= 11 is 1.56. The van der Waals surface area contributed by atoms with E-state index in [1.54, 1.807) is 11.3 Å². The number of morpholine rings is 1. The Morgan fingerprint density at radius 1 is 1.18 bits per heavy atom. The molecule has 0 bridgehead atoms. The molecular formula is C21H25N5OS. The van der Waals surface area contributed by atoms with E-state index in [9.17, 15) is 0 Å². The van der Waals surface area contributed by atoms with Crippen molar-refractivity contribution >= 4 is 22.3 Å². The van der Waals surface area contributed by atoms with Gasteiger partial charge in [0, 0.05) is 19.6 Å². The molecule has 1 saturated heterocycles. The summed E-state index contributed by atoms with van der Waals surface area (Å²) < 4.78 is 6.03. The number of rotatable bonds is 6. The second kappa shape index (κ2) is 8.77. The first-order chi connectivity index (χ1) is 13.7. The summed E-state index contributed by atoms with van der Waals surface area (Å²) in [6.07, 6.45) is 0.861. The zero-order chi connectivity index (χ0) is 19.3. The summed E-state index contributed by atoms with van der Waals surface area (Å²) in [7, 11) is 0. The summed E-state index contributed by atoms with van der Waals surface area (Å²) in [5.74, 6) is 0.774. The van der Waals surface area contributed by atoms with Crippen LogP contribution in [0.2, 0.25) is 0 Å². The van der Waals surface area contributed by atoms with Crippen molar-refractivity contribution in [3.05, 3.63) is 64.3 Å². The number of benzene rings is 1. The van der Waals surface area contributed by atoms with Crippen LogP contribution in [-0.2, 0) is 17.7 Å². The number of nitrogens with one attached hydrogen (secondary N) is 1. The Kier molecular flexibility index (Phi) is 5.95. The van der Waals surface area contributed by atoms with Crippen LogP contribution in [0.15, 0.2) is 42.5 Å². The molecule has 1 fully saturated rings.